The zero-order valence-corrected chi connectivity index (χ0v) is 21.0. The Morgan fingerprint density at radius 3 is 2.36 bits per heavy atom. The number of nitriles is 1. The highest BCUT2D eigenvalue weighted by Crippen LogP contribution is 2.33. The van der Waals surface area contributed by atoms with Crippen molar-refractivity contribution in [2.24, 2.45) is 0 Å². The Hall–Kier alpha value is -4.23. The molecule has 1 saturated heterocycles. The largest absolute Gasteiger partial charge is 0.419 e. The van der Waals surface area contributed by atoms with Crippen molar-refractivity contribution in [3.05, 3.63) is 89.2 Å². The van der Waals surface area contributed by atoms with Crippen molar-refractivity contribution < 1.29 is 27.2 Å². The minimum atomic E-state index is -4.91. The summed E-state index contributed by atoms with van der Waals surface area (Å²) in [6, 6.07) is 18.8. The molecule has 0 spiro atoms. The van der Waals surface area contributed by atoms with Gasteiger partial charge in [-0.2, -0.15) is 18.4 Å². The van der Waals surface area contributed by atoms with Gasteiger partial charge in [-0.3, -0.25) is 14.5 Å². The van der Waals surface area contributed by atoms with E-state index in [4.69, 9.17) is 5.26 Å². The lowest BCUT2D eigenvalue weighted by atomic mass is 10.0. The van der Waals surface area contributed by atoms with Crippen molar-refractivity contribution in [2.45, 2.75) is 25.6 Å². The maximum atomic E-state index is 13.6. The summed E-state index contributed by atoms with van der Waals surface area (Å²) in [5, 5.41) is 11.5. The topological polar surface area (TPSA) is 76.4 Å². The van der Waals surface area contributed by atoms with E-state index in [1.165, 1.54) is 4.90 Å². The van der Waals surface area contributed by atoms with Crippen LogP contribution in [0.4, 0.5) is 23.2 Å². The van der Waals surface area contributed by atoms with E-state index in [2.05, 4.69) is 11.4 Å². The maximum Gasteiger partial charge on any atom is 0.419 e. The molecular weight excluding hydrogens is 512 g/mol. The summed E-state index contributed by atoms with van der Waals surface area (Å²) in [6.07, 6.45) is -2.95. The van der Waals surface area contributed by atoms with Gasteiger partial charge in [0.25, 0.3) is 0 Å². The molecule has 0 radical (unpaired) electrons. The third-order valence-corrected chi connectivity index (χ3v) is 6.45. The smallest absolute Gasteiger partial charge is 0.328 e. The monoisotopic (exact) mass is 538 g/mol. The lowest BCUT2D eigenvalue weighted by Crippen LogP contribution is -2.42. The van der Waals surface area contributed by atoms with Crippen molar-refractivity contribution in [1.82, 2.24) is 9.80 Å². The number of halogens is 4. The highest BCUT2D eigenvalue weighted by atomic mass is 19.4. The van der Waals surface area contributed by atoms with Crippen molar-refractivity contribution in [1.29, 1.82) is 5.26 Å². The maximum absolute atomic E-state index is 13.6. The molecule has 0 aliphatic carbocycles. The molecule has 1 heterocycles. The van der Waals surface area contributed by atoms with Gasteiger partial charge in [0.15, 0.2) is 0 Å². The molecule has 3 aromatic carbocycles. The number of alkyl halides is 3. The molecular formula is C29H26F4N4O2. The van der Waals surface area contributed by atoms with Crippen LogP contribution in [0.25, 0.3) is 11.1 Å². The fourth-order valence-electron chi connectivity index (χ4n) is 4.45. The van der Waals surface area contributed by atoms with Gasteiger partial charge in [0.05, 0.1) is 23.7 Å². The molecule has 0 saturated carbocycles. The summed E-state index contributed by atoms with van der Waals surface area (Å²) < 4.78 is 52.8. The van der Waals surface area contributed by atoms with Gasteiger partial charge in [0.1, 0.15) is 12.4 Å². The van der Waals surface area contributed by atoms with Crippen LogP contribution in [0.3, 0.4) is 0 Å². The fraction of sp³-hybridized carbons (Fsp3) is 0.276. The number of nitrogens with one attached hydrogen (secondary N) is 1. The number of nitrogens with zero attached hydrogens (tertiary/aromatic N) is 3. The Kier molecular flexibility index (Phi) is 8.62. The Balaban J connectivity index is 1.49. The zero-order chi connectivity index (χ0) is 28.0. The van der Waals surface area contributed by atoms with Crippen LogP contribution in [0.5, 0.6) is 0 Å². The number of benzene rings is 3. The van der Waals surface area contributed by atoms with Crippen molar-refractivity contribution in [3.63, 3.8) is 0 Å². The van der Waals surface area contributed by atoms with Crippen LogP contribution in [0.2, 0.25) is 0 Å². The number of carbonyl (C=O) groups is 2. The molecule has 4 rings (SSSR count). The number of amides is 2. The summed E-state index contributed by atoms with van der Waals surface area (Å²) in [4.78, 5) is 29.3. The molecule has 0 unspecified atom stereocenters. The van der Waals surface area contributed by atoms with Crippen LogP contribution in [0.1, 0.15) is 29.5 Å². The van der Waals surface area contributed by atoms with Crippen LogP contribution in [0.15, 0.2) is 66.7 Å². The molecule has 1 fully saturated rings. The molecule has 39 heavy (non-hydrogen) atoms. The van der Waals surface area contributed by atoms with Gasteiger partial charge in [-0.05, 0) is 73.0 Å². The van der Waals surface area contributed by atoms with E-state index in [-0.39, 0.29) is 24.7 Å². The van der Waals surface area contributed by atoms with E-state index in [1.807, 2.05) is 35.2 Å². The quantitative estimate of drug-likeness (QED) is 0.387. The standard InChI is InChI=1S/C29H26F4N4O2/c30-26-11-10-24(15-25(26)29(31,32)33)35-27(38)18-37(28(39)19-36-12-1-2-13-36)17-20-6-8-22(9-7-20)23-5-3-4-21(14-23)16-34/h3-11,14-15H,1-2,12-13,17-19H2,(H,35,38). The van der Waals surface area contributed by atoms with E-state index in [0.29, 0.717) is 17.7 Å². The van der Waals surface area contributed by atoms with Gasteiger partial charge >= 0.3 is 6.18 Å². The number of carbonyl (C=O) groups excluding carboxylic acids is 2. The van der Waals surface area contributed by atoms with Crippen LogP contribution in [-0.4, -0.2) is 47.8 Å². The second-order valence-electron chi connectivity index (χ2n) is 9.36. The predicted molar refractivity (Wildman–Crippen MR) is 138 cm³/mol. The van der Waals surface area contributed by atoms with E-state index in [1.54, 1.807) is 18.2 Å². The molecule has 2 amide bonds. The first kappa shape index (κ1) is 27.8. The second kappa shape index (κ2) is 12.1. The summed E-state index contributed by atoms with van der Waals surface area (Å²) in [7, 11) is 0. The second-order valence-corrected chi connectivity index (χ2v) is 9.36. The van der Waals surface area contributed by atoms with Gasteiger partial charge in [0, 0.05) is 12.2 Å². The highest BCUT2D eigenvalue weighted by Gasteiger charge is 2.34. The molecule has 10 heteroatoms. The number of hydrogen-bond donors (Lipinski definition) is 1. The van der Waals surface area contributed by atoms with Gasteiger partial charge in [-0.25, -0.2) is 4.39 Å². The van der Waals surface area contributed by atoms with Crippen LogP contribution in [0, 0.1) is 17.1 Å². The number of likely N-dealkylation sites (tertiary alicyclic amines) is 1. The van der Waals surface area contributed by atoms with E-state index >= 15 is 0 Å². The third-order valence-electron chi connectivity index (χ3n) is 6.45. The van der Waals surface area contributed by atoms with E-state index < -0.39 is 30.0 Å². The number of anilines is 1. The van der Waals surface area contributed by atoms with Gasteiger partial charge in [0.2, 0.25) is 11.8 Å². The molecule has 202 valence electrons. The molecule has 0 bridgehead atoms. The van der Waals surface area contributed by atoms with Crippen molar-refractivity contribution in [2.75, 3.05) is 31.5 Å². The van der Waals surface area contributed by atoms with Gasteiger partial charge < -0.3 is 10.2 Å². The Labute approximate surface area is 223 Å². The Bertz CT molecular complexity index is 1380. The van der Waals surface area contributed by atoms with Gasteiger partial charge in [-0.15, -0.1) is 0 Å². The van der Waals surface area contributed by atoms with E-state index in [0.717, 1.165) is 48.7 Å². The first-order valence-electron chi connectivity index (χ1n) is 12.4. The third kappa shape index (κ3) is 7.42. The molecule has 0 atom stereocenters. The summed E-state index contributed by atoms with van der Waals surface area (Å²) >= 11 is 0. The molecule has 1 N–H and O–H groups in total. The molecule has 1 aliphatic rings. The molecule has 3 aromatic rings. The lowest BCUT2D eigenvalue weighted by Gasteiger charge is -2.25. The van der Waals surface area contributed by atoms with E-state index in [9.17, 15) is 27.2 Å². The minimum absolute atomic E-state index is 0.107. The fourth-order valence-corrected chi connectivity index (χ4v) is 4.45. The summed E-state index contributed by atoms with van der Waals surface area (Å²) in [5.74, 6) is -2.42. The zero-order valence-electron chi connectivity index (χ0n) is 21.0. The molecule has 1 aliphatic heterocycles. The Morgan fingerprint density at radius 2 is 1.69 bits per heavy atom. The average Bonchev–Trinajstić information content (AvgIpc) is 3.42. The predicted octanol–water partition coefficient (Wildman–Crippen LogP) is 5.45. The van der Waals surface area contributed by atoms with Gasteiger partial charge in [-0.1, -0.05) is 36.4 Å². The normalized spacial score (nSPS) is 13.6. The van der Waals surface area contributed by atoms with Crippen LogP contribution < -0.4 is 5.32 Å². The average molecular weight is 539 g/mol. The first-order valence-corrected chi connectivity index (χ1v) is 12.4. The molecule has 6 nitrogen and oxygen atoms in total. The minimum Gasteiger partial charge on any atom is -0.328 e. The number of rotatable bonds is 8. The van der Waals surface area contributed by atoms with Crippen LogP contribution >= 0.6 is 0 Å². The van der Waals surface area contributed by atoms with Crippen LogP contribution in [-0.2, 0) is 22.3 Å². The number of hydrogen-bond acceptors (Lipinski definition) is 4. The molecule has 0 aromatic heterocycles. The Morgan fingerprint density at radius 1 is 0.974 bits per heavy atom. The van der Waals surface area contributed by atoms with Crippen molar-refractivity contribution in [3.8, 4) is 17.2 Å². The SMILES string of the molecule is N#Cc1cccc(-c2ccc(CN(CC(=O)Nc3ccc(F)c(C(F)(F)F)c3)C(=O)CN3CCCC3)cc2)c1. The summed E-state index contributed by atoms with van der Waals surface area (Å²) in [5.41, 5.74) is 1.32. The summed E-state index contributed by atoms with van der Waals surface area (Å²) in [6.45, 7) is 1.39. The first-order chi connectivity index (χ1) is 18.6. The lowest BCUT2D eigenvalue weighted by molar-refractivity contribution is -0.140. The van der Waals surface area contributed by atoms with Crippen molar-refractivity contribution >= 4 is 17.5 Å². The highest BCUT2D eigenvalue weighted by molar-refractivity contribution is 5.94.